The molecule has 0 fully saturated rings. The molecule has 78 valence electrons. The van der Waals surface area contributed by atoms with Crippen LogP contribution in [0.4, 0.5) is 0 Å². The number of aromatic nitrogens is 2. The lowest BCUT2D eigenvalue weighted by molar-refractivity contribution is 0.455. The summed E-state index contributed by atoms with van der Waals surface area (Å²) in [7, 11) is 0. The van der Waals surface area contributed by atoms with Crippen LogP contribution in [0.2, 0.25) is 5.15 Å². The molecular weight excluding hydrogens is 198 g/mol. The van der Waals surface area contributed by atoms with Crippen molar-refractivity contribution < 1.29 is 0 Å². The van der Waals surface area contributed by atoms with Crippen LogP contribution in [0.3, 0.4) is 0 Å². The number of nitrogens with zero attached hydrogens (tertiary/aromatic N) is 2. The summed E-state index contributed by atoms with van der Waals surface area (Å²) < 4.78 is 2.20. The third kappa shape index (κ3) is 1.44. The molecule has 2 unspecified atom stereocenters. The van der Waals surface area contributed by atoms with Gasteiger partial charge in [-0.05, 0) is 25.7 Å². The second kappa shape index (κ2) is 3.55. The van der Waals surface area contributed by atoms with E-state index in [1.54, 1.807) is 0 Å². The van der Waals surface area contributed by atoms with E-state index in [0.29, 0.717) is 11.1 Å². The highest BCUT2D eigenvalue weighted by Crippen LogP contribution is 2.34. The van der Waals surface area contributed by atoms with Gasteiger partial charge in [-0.15, -0.1) is 0 Å². The summed E-state index contributed by atoms with van der Waals surface area (Å²) >= 11 is 6.11. The van der Waals surface area contributed by atoms with Gasteiger partial charge in [0.1, 0.15) is 5.82 Å². The summed E-state index contributed by atoms with van der Waals surface area (Å²) in [4.78, 5) is 4.35. The van der Waals surface area contributed by atoms with Crippen molar-refractivity contribution in [3.05, 3.63) is 16.7 Å². The molecular formula is C10H16ClN3. The predicted molar refractivity (Wildman–Crippen MR) is 57.5 cm³/mol. The van der Waals surface area contributed by atoms with E-state index in [-0.39, 0.29) is 6.04 Å². The number of nitrogens with two attached hydrogens (primary N) is 1. The van der Waals surface area contributed by atoms with Crippen LogP contribution in [0.25, 0.3) is 0 Å². The minimum atomic E-state index is -0.0356. The minimum absolute atomic E-state index is 0.0356. The SMILES string of the molecule is CC(N)c1nc(Cl)c2n1CCCC2C. The lowest BCUT2D eigenvalue weighted by Gasteiger charge is -2.23. The monoisotopic (exact) mass is 213 g/mol. The molecule has 2 rings (SSSR count). The molecule has 1 aromatic heterocycles. The Hall–Kier alpha value is -0.540. The number of imidazole rings is 1. The van der Waals surface area contributed by atoms with Crippen molar-refractivity contribution >= 4 is 11.6 Å². The van der Waals surface area contributed by atoms with E-state index in [1.807, 2.05) is 6.92 Å². The van der Waals surface area contributed by atoms with Gasteiger partial charge in [0.15, 0.2) is 5.15 Å². The van der Waals surface area contributed by atoms with Crippen LogP contribution < -0.4 is 5.73 Å². The summed E-state index contributed by atoms with van der Waals surface area (Å²) in [6.45, 7) is 5.16. The molecule has 2 N–H and O–H groups in total. The van der Waals surface area contributed by atoms with Crippen LogP contribution in [-0.2, 0) is 6.54 Å². The maximum absolute atomic E-state index is 6.11. The fourth-order valence-corrected chi connectivity index (χ4v) is 2.57. The summed E-state index contributed by atoms with van der Waals surface area (Å²) in [6.07, 6.45) is 2.39. The van der Waals surface area contributed by atoms with Crippen molar-refractivity contribution in [1.82, 2.24) is 9.55 Å². The number of hydrogen-bond acceptors (Lipinski definition) is 2. The molecule has 4 heteroatoms. The number of rotatable bonds is 1. The van der Waals surface area contributed by atoms with Gasteiger partial charge in [0.25, 0.3) is 0 Å². The molecule has 1 aliphatic heterocycles. The molecule has 1 aromatic rings. The highest BCUT2D eigenvalue weighted by Gasteiger charge is 2.25. The number of hydrogen-bond donors (Lipinski definition) is 1. The molecule has 2 heterocycles. The van der Waals surface area contributed by atoms with Crippen molar-refractivity contribution in [2.45, 2.75) is 45.2 Å². The predicted octanol–water partition coefficient (Wildman–Crippen LogP) is 2.45. The highest BCUT2D eigenvalue weighted by molar-refractivity contribution is 6.30. The van der Waals surface area contributed by atoms with Crippen molar-refractivity contribution in [3.8, 4) is 0 Å². The largest absolute Gasteiger partial charge is 0.329 e. The first-order valence-electron chi connectivity index (χ1n) is 5.12. The molecule has 0 aliphatic carbocycles. The summed E-state index contributed by atoms with van der Waals surface area (Å²) in [5, 5.41) is 0.643. The van der Waals surface area contributed by atoms with Crippen molar-refractivity contribution in [3.63, 3.8) is 0 Å². The topological polar surface area (TPSA) is 43.8 Å². The molecule has 2 atom stereocenters. The smallest absolute Gasteiger partial charge is 0.150 e. The van der Waals surface area contributed by atoms with Gasteiger partial charge < -0.3 is 10.3 Å². The lowest BCUT2D eigenvalue weighted by Crippen LogP contribution is -2.19. The Bertz CT molecular complexity index is 343. The average molecular weight is 214 g/mol. The Morgan fingerprint density at radius 3 is 3.00 bits per heavy atom. The summed E-state index contributed by atoms with van der Waals surface area (Å²) in [6, 6.07) is -0.0356. The van der Waals surface area contributed by atoms with E-state index < -0.39 is 0 Å². The average Bonchev–Trinajstić information content (AvgIpc) is 2.45. The van der Waals surface area contributed by atoms with Gasteiger partial charge in [-0.3, -0.25) is 0 Å². The second-order valence-corrected chi connectivity index (χ2v) is 4.49. The van der Waals surface area contributed by atoms with E-state index in [9.17, 15) is 0 Å². The Labute approximate surface area is 89.3 Å². The van der Waals surface area contributed by atoms with E-state index in [0.717, 1.165) is 12.4 Å². The van der Waals surface area contributed by atoms with Gasteiger partial charge in [-0.2, -0.15) is 0 Å². The molecule has 0 radical (unpaired) electrons. The van der Waals surface area contributed by atoms with Crippen LogP contribution in [0.15, 0.2) is 0 Å². The third-order valence-electron chi connectivity index (χ3n) is 2.88. The zero-order valence-electron chi connectivity index (χ0n) is 8.63. The summed E-state index contributed by atoms with van der Waals surface area (Å²) in [5.74, 6) is 1.44. The Balaban J connectivity index is 2.52. The number of halogens is 1. The van der Waals surface area contributed by atoms with Crippen molar-refractivity contribution in [2.24, 2.45) is 5.73 Å². The van der Waals surface area contributed by atoms with Gasteiger partial charge in [0, 0.05) is 6.54 Å². The van der Waals surface area contributed by atoms with Gasteiger partial charge in [0.05, 0.1) is 11.7 Å². The standard InChI is InChI=1S/C10H16ClN3/c1-6-4-3-5-14-8(6)9(11)13-10(14)7(2)12/h6-7H,3-5,12H2,1-2H3. The molecule has 3 nitrogen and oxygen atoms in total. The Kier molecular flexibility index (Phi) is 2.54. The molecule has 1 aliphatic rings. The molecule has 14 heavy (non-hydrogen) atoms. The maximum Gasteiger partial charge on any atom is 0.150 e. The first-order valence-corrected chi connectivity index (χ1v) is 5.50. The number of fused-ring (bicyclic) bond motifs is 1. The normalized spacial score (nSPS) is 23.3. The molecule has 0 saturated heterocycles. The molecule has 0 amide bonds. The van der Waals surface area contributed by atoms with E-state index in [1.165, 1.54) is 18.5 Å². The van der Waals surface area contributed by atoms with E-state index in [4.69, 9.17) is 17.3 Å². The van der Waals surface area contributed by atoms with Crippen LogP contribution in [-0.4, -0.2) is 9.55 Å². The lowest BCUT2D eigenvalue weighted by atomic mass is 9.98. The minimum Gasteiger partial charge on any atom is -0.329 e. The Morgan fingerprint density at radius 2 is 2.36 bits per heavy atom. The van der Waals surface area contributed by atoms with Gasteiger partial charge >= 0.3 is 0 Å². The molecule has 0 aromatic carbocycles. The van der Waals surface area contributed by atoms with E-state index >= 15 is 0 Å². The van der Waals surface area contributed by atoms with Crippen LogP contribution >= 0.6 is 11.6 Å². The van der Waals surface area contributed by atoms with E-state index in [2.05, 4.69) is 16.5 Å². The summed E-state index contributed by atoms with van der Waals surface area (Å²) in [5.41, 5.74) is 7.03. The van der Waals surface area contributed by atoms with Gasteiger partial charge in [0.2, 0.25) is 0 Å². The van der Waals surface area contributed by atoms with Gasteiger partial charge in [-0.25, -0.2) is 4.98 Å². The molecule has 0 saturated carbocycles. The third-order valence-corrected chi connectivity index (χ3v) is 3.16. The first-order chi connectivity index (χ1) is 6.61. The van der Waals surface area contributed by atoms with Crippen LogP contribution in [0.5, 0.6) is 0 Å². The quantitative estimate of drug-likeness (QED) is 0.779. The second-order valence-electron chi connectivity index (χ2n) is 4.13. The first kappa shape index (κ1) is 9.99. The zero-order chi connectivity index (χ0) is 10.3. The van der Waals surface area contributed by atoms with Crippen molar-refractivity contribution in [1.29, 1.82) is 0 Å². The fourth-order valence-electron chi connectivity index (χ4n) is 2.20. The highest BCUT2D eigenvalue weighted by atomic mass is 35.5. The molecule has 0 bridgehead atoms. The van der Waals surface area contributed by atoms with Gasteiger partial charge in [-0.1, -0.05) is 18.5 Å². The fraction of sp³-hybridized carbons (Fsp3) is 0.700. The maximum atomic E-state index is 6.11. The van der Waals surface area contributed by atoms with Crippen LogP contribution in [0, 0.1) is 0 Å². The molecule has 0 spiro atoms. The zero-order valence-corrected chi connectivity index (χ0v) is 9.38. The van der Waals surface area contributed by atoms with Crippen molar-refractivity contribution in [2.75, 3.05) is 0 Å². The Morgan fingerprint density at radius 1 is 1.64 bits per heavy atom. The van der Waals surface area contributed by atoms with Crippen LogP contribution in [0.1, 0.15) is 50.2 Å².